The highest BCUT2D eigenvalue weighted by Crippen LogP contribution is 2.16. The Bertz CT molecular complexity index is 970. The van der Waals surface area contributed by atoms with Crippen molar-refractivity contribution in [1.82, 2.24) is 5.32 Å². The molecule has 0 fully saturated rings. The average Bonchev–Trinajstić information content (AvgIpc) is 2.70. The lowest BCUT2D eigenvalue weighted by molar-refractivity contribution is -0.118. The standard InChI is InChI=1S/C23H22N2O3/c1-16-8-5-6-13-20(16)24-23(28)21(15-17-9-7-12-19(26)14-17)25-22(27)18-10-3-2-4-11-18/h2-14,21,26H,15H2,1H3,(H,24,28)(H,25,27). The number of carbonyl (C=O) groups is 2. The monoisotopic (exact) mass is 374 g/mol. The highest BCUT2D eigenvalue weighted by atomic mass is 16.3. The van der Waals surface area contributed by atoms with E-state index in [1.165, 1.54) is 0 Å². The van der Waals surface area contributed by atoms with E-state index < -0.39 is 6.04 Å². The third-order valence-corrected chi connectivity index (χ3v) is 4.41. The van der Waals surface area contributed by atoms with Gasteiger partial charge in [-0.3, -0.25) is 9.59 Å². The van der Waals surface area contributed by atoms with Crippen LogP contribution in [0.4, 0.5) is 5.69 Å². The van der Waals surface area contributed by atoms with Gasteiger partial charge in [0.25, 0.3) is 5.91 Å². The fourth-order valence-corrected chi connectivity index (χ4v) is 2.89. The lowest BCUT2D eigenvalue weighted by Crippen LogP contribution is -2.45. The van der Waals surface area contributed by atoms with Gasteiger partial charge in [0.2, 0.25) is 5.91 Å². The van der Waals surface area contributed by atoms with E-state index in [4.69, 9.17) is 0 Å². The molecule has 0 aliphatic carbocycles. The molecule has 0 aliphatic rings. The summed E-state index contributed by atoms with van der Waals surface area (Å²) in [6.45, 7) is 1.91. The van der Waals surface area contributed by atoms with E-state index in [0.29, 0.717) is 11.3 Å². The molecule has 0 bridgehead atoms. The van der Waals surface area contributed by atoms with Crippen LogP contribution in [0, 0.1) is 6.92 Å². The summed E-state index contributed by atoms with van der Waals surface area (Å²) < 4.78 is 0. The van der Waals surface area contributed by atoms with Gasteiger partial charge in [-0.2, -0.15) is 0 Å². The fraction of sp³-hybridized carbons (Fsp3) is 0.130. The Morgan fingerprint density at radius 2 is 1.64 bits per heavy atom. The molecule has 3 aromatic rings. The van der Waals surface area contributed by atoms with Gasteiger partial charge in [0.05, 0.1) is 0 Å². The fourth-order valence-electron chi connectivity index (χ4n) is 2.89. The zero-order valence-electron chi connectivity index (χ0n) is 15.6. The van der Waals surface area contributed by atoms with Crippen LogP contribution in [0.2, 0.25) is 0 Å². The zero-order chi connectivity index (χ0) is 19.9. The van der Waals surface area contributed by atoms with Crippen LogP contribution in [0.1, 0.15) is 21.5 Å². The van der Waals surface area contributed by atoms with E-state index >= 15 is 0 Å². The first kappa shape index (κ1) is 19.2. The molecule has 0 heterocycles. The van der Waals surface area contributed by atoms with Crippen LogP contribution >= 0.6 is 0 Å². The Balaban J connectivity index is 1.81. The number of hydrogen-bond donors (Lipinski definition) is 3. The number of anilines is 1. The van der Waals surface area contributed by atoms with Gasteiger partial charge >= 0.3 is 0 Å². The number of carbonyl (C=O) groups excluding carboxylic acids is 2. The van der Waals surface area contributed by atoms with Crippen LogP contribution in [0.15, 0.2) is 78.9 Å². The topological polar surface area (TPSA) is 78.4 Å². The smallest absolute Gasteiger partial charge is 0.251 e. The highest BCUT2D eigenvalue weighted by Gasteiger charge is 2.22. The SMILES string of the molecule is Cc1ccccc1NC(=O)C(Cc1cccc(O)c1)NC(=O)c1ccccc1. The molecule has 0 aromatic heterocycles. The molecule has 1 unspecified atom stereocenters. The second-order valence-electron chi connectivity index (χ2n) is 6.57. The van der Waals surface area contributed by atoms with Crippen molar-refractivity contribution in [2.24, 2.45) is 0 Å². The zero-order valence-corrected chi connectivity index (χ0v) is 15.6. The van der Waals surface area contributed by atoms with Gasteiger partial charge in [0, 0.05) is 17.7 Å². The van der Waals surface area contributed by atoms with Gasteiger partial charge in [0.1, 0.15) is 11.8 Å². The minimum Gasteiger partial charge on any atom is -0.508 e. The molecule has 1 atom stereocenters. The third kappa shape index (κ3) is 4.98. The minimum absolute atomic E-state index is 0.116. The number of hydrogen-bond acceptors (Lipinski definition) is 3. The van der Waals surface area contributed by atoms with E-state index in [-0.39, 0.29) is 24.0 Å². The molecule has 3 aromatic carbocycles. The maximum absolute atomic E-state index is 12.9. The normalized spacial score (nSPS) is 11.5. The Morgan fingerprint density at radius 1 is 0.929 bits per heavy atom. The molecule has 0 saturated carbocycles. The molecule has 0 saturated heterocycles. The Hall–Kier alpha value is -3.60. The summed E-state index contributed by atoms with van der Waals surface area (Å²) in [6.07, 6.45) is 0.255. The van der Waals surface area contributed by atoms with Gasteiger partial charge in [-0.25, -0.2) is 0 Å². The number of phenols is 1. The van der Waals surface area contributed by atoms with Crippen molar-refractivity contribution < 1.29 is 14.7 Å². The first-order valence-electron chi connectivity index (χ1n) is 9.03. The van der Waals surface area contributed by atoms with Crippen LogP contribution in [0.25, 0.3) is 0 Å². The maximum Gasteiger partial charge on any atom is 0.251 e. The first-order chi connectivity index (χ1) is 13.5. The van der Waals surface area contributed by atoms with Crippen molar-refractivity contribution in [2.75, 3.05) is 5.32 Å². The van der Waals surface area contributed by atoms with Crippen LogP contribution in [-0.4, -0.2) is 23.0 Å². The largest absolute Gasteiger partial charge is 0.508 e. The first-order valence-corrected chi connectivity index (χ1v) is 9.03. The Labute approximate surface area is 164 Å². The van der Waals surface area contributed by atoms with Crippen LogP contribution < -0.4 is 10.6 Å². The summed E-state index contributed by atoms with van der Waals surface area (Å²) in [5.74, 6) is -0.530. The van der Waals surface area contributed by atoms with Gasteiger partial charge in [-0.05, 0) is 48.4 Å². The summed E-state index contributed by atoms with van der Waals surface area (Å²) in [5, 5.41) is 15.4. The van der Waals surface area contributed by atoms with E-state index in [1.807, 2.05) is 43.3 Å². The summed E-state index contributed by atoms with van der Waals surface area (Å²) in [5.41, 5.74) is 2.86. The van der Waals surface area contributed by atoms with E-state index in [0.717, 1.165) is 11.1 Å². The number of para-hydroxylation sites is 1. The second kappa shape index (κ2) is 8.86. The van der Waals surface area contributed by atoms with Crippen molar-refractivity contribution in [1.29, 1.82) is 0 Å². The van der Waals surface area contributed by atoms with Crippen molar-refractivity contribution in [2.45, 2.75) is 19.4 Å². The number of aryl methyl sites for hydroxylation is 1. The Morgan fingerprint density at radius 3 is 2.36 bits per heavy atom. The molecule has 2 amide bonds. The van der Waals surface area contributed by atoms with Crippen LogP contribution in [-0.2, 0) is 11.2 Å². The number of benzene rings is 3. The van der Waals surface area contributed by atoms with E-state index in [2.05, 4.69) is 10.6 Å². The molecule has 28 heavy (non-hydrogen) atoms. The number of phenolic OH excluding ortho intramolecular Hbond substituents is 1. The lowest BCUT2D eigenvalue weighted by Gasteiger charge is -2.19. The molecule has 5 nitrogen and oxygen atoms in total. The predicted molar refractivity (Wildman–Crippen MR) is 109 cm³/mol. The lowest BCUT2D eigenvalue weighted by atomic mass is 10.0. The van der Waals surface area contributed by atoms with E-state index in [1.54, 1.807) is 42.5 Å². The minimum atomic E-state index is -0.797. The molecule has 3 rings (SSSR count). The molecule has 0 aliphatic heterocycles. The molecule has 142 valence electrons. The molecule has 5 heteroatoms. The summed E-state index contributed by atoms with van der Waals surface area (Å²) in [4.78, 5) is 25.5. The third-order valence-electron chi connectivity index (χ3n) is 4.41. The second-order valence-corrected chi connectivity index (χ2v) is 6.57. The van der Waals surface area contributed by atoms with E-state index in [9.17, 15) is 14.7 Å². The maximum atomic E-state index is 12.9. The number of rotatable bonds is 6. The summed E-state index contributed by atoms with van der Waals surface area (Å²) >= 11 is 0. The summed E-state index contributed by atoms with van der Waals surface area (Å²) in [6, 6.07) is 22.1. The predicted octanol–water partition coefficient (Wildman–Crippen LogP) is 3.68. The molecular weight excluding hydrogens is 352 g/mol. The molecule has 0 radical (unpaired) electrons. The molecule has 0 spiro atoms. The van der Waals surface area contributed by atoms with Crippen LogP contribution in [0.5, 0.6) is 5.75 Å². The molecular formula is C23H22N2O3. The quantitative estimate of drug-likeness (QED) is 0.616. The molecule has 3 N–H and O–H groups in total. The number of amides is 2. The van der Waals surface area contributed by atoms with Crippen molar-refractivity contribution in [3.63, 3.8) is 0 Å². The van der Waals surface area contributed by atoms with Gasteiger partial charge in [0.15, 0.2) is 0 Å². The highest BCUT2D eigenvalue weighted by molar-refractivity contribution is 6.01. The van der Waals surface area contributed by atoms with Gasteiger partial charge in [-0.1, -0.05) is 48.5 Å². The van der Waals surface area contributed by atoms with Crippen molar-refractivity contribution in [3.8, 4) is 5.75 Å². The Kier molecular flexibility index (Phi) is 6.07. The van der Waals surface area contributed by atoms with Gasteiger partial charge < -0.3 is 15.7 Å². The van der Waals surface area contributed by atoms with Crippen molar-refractivity contribution >= 4 is 17.5 Å². The number of aromatic hydroxyl groups is 1. The van der Waals surface area contributed by atoms with Crippen LogP contribution in [0.3, 0.4) is 0 Å². The summed E-state index contributed by atoms with van der Waals surface area (Å²) in [7, 11) is 0. The number of nitrogens with one attached hydrogen (secondary N) is 2. The van der Waals surface area contributed by atoms with Crippen molar-refractivity contribution in [3.05, 3.63) is 95.6 Å². The van der Waals surface area contributed by atoms with Gasteiger partial charge in [-0.15, -0.1) is 0 Å². The average molecular weight is 374 g/mol.